The van der Waals surface area contributed by atoms with Gasteiger partial charge in [0.05, 0.1) is 0 Å². The number of hydrogen-bond donors (Lipinski definition) is 1. The smallest absolute Gasteiger partial charge is 0.339 e. The Bertz CT molecular complexity index is 726. The van der Waals surface area contributed by atoms with E-state index in [1.807, 2.05) is 0 Å². The van der Waals surface area contributed by atoms with E-state index in [1.54, 1.807) is 24.3 Å². The van der Waals surface area contributed by atoms with Gasteiger partial charge in [0.25, 0.3) is 0 Å². The highest BCUT2D eigenvalue weighted by atomic mass is 32.2. The van der Waals surface area contributed by atoms with E-state index < -0.39 is 10.1 Å². The van der Waals surface area contributed by atoms with Crippen molar-refractivity contribution in [1.82, 2.24) is 0 Å². The van der Waals surface area contributed by atoms with Crippen LogP contribution < -0.4 is 4.18 Å². The van der Waals surface area contributed by atoms with Gasteiger partial charge >= 0.3 is 10.1 Å². The molecule has 0 bridgehead atoms. The third kappa shape index (κ3) is 3.55. The zero-order valence-electron chi connectivity index (χ0n) is 12.2. The number of rotatable bonds is 3. The van der Waals surface area contributed by atoms with Gasteiger partial charge in [-0.05, 0) is 35.2 Å². The predicted octanol–water partition coefficient (Wildman–Crippen LogP) is 3.46. The fourth-order valence-electron chi connectivity index (χ4n) is 1.82. The van der Waals surface area contributed by atoms with Gasteiger partial charge in [-0.15, -0.1) is 0 Å². The maximum Gasteiger partial charge on any atom is 0.339 e. The Labute approximate surface area is 125 Å². The molecule has 0 aliphatic carbocycles. The highest BCUT2D eigenvalue weighted by Gasteiger charge is 2.20. The molecule has 0 aliphatic heterocycles. The first-order valence-electron chi connectivity index (χ1n) is 6.53. The molecule has 0 amide bonds. The molecule has 0 fully saturated rings. The van der Waals surface area contributed by atoms with Gasteiger partial charge < -0.3 is 9.29 Å². The van der Waals surface area contributed by atoms with Crippen molar-refractivity contribution in [1.29, 1.82) is 0 Å². The number of hydrogen-bond acceptors (Lipinski definition) is 4. The number of aromatic hydroxyl groups is 1. The lowest BCUT2D eigenvalue weighted by Gasteiger charge is -2.19. The van der Waals surface area contributed by atoms with Crippen molar-refractivity contribution in [2.24, 2.45) is 0 Å². The Balaban J connectivity index is 2.30. The van der Waals surface area contributed by atoms with Crippen LogP contribution in [0.3, 0.4) is 0 Å². The molecule has 0 unspecified atom stereocenters. The lowest BCUT2D eigenvalue weighted by Crippen LogP contribution is -2.13. The molecule has 21 heavy (non-hydrogen) atoms. The van der Waals surface area contributed by atoms with E-state index in [4.69, 9.17) is 4.18 Å². The molecule has 2 aromatic rings. The fraction of sp³-hybridized carbons (Fsp3) is 0.250. The van der Waals surface area contributed by atoms with Crippen molar-refractivity contribution in [3.63, 3.8) is 0 Å². The van der Waals surface area contributed by atoms with Crippen LogP contribution in [0, 0.1) is 0 Å². The van der Waals surface area contributed by atoms with Gasteiger partial charge in [0.1, 0.15) is 4.90 Å². The molecule has 0 saturated heterocycles. The Morgan fingerprint density at radius 3 is 2.05 bits per heavy atom. The first kappa shape index (κ1) is 15.4. The lowest BCUT2D eigenvalue weighted by molar-refractivity contribution is 0.428. The van der Waals surface area contributed by atoms with Crippen molar-refractivity contribution < 1.29 is 17.7 Å². The SMILES string of the molecule is CC(C)(C)c1ccc(S(=O)(=O)Oc2ccccc2O)cc1. The Morgan fingerprint density at radius 2 is 1.52 bits per heavy atom. The van der Waals surface area contributed by atoms with Crippen molar-refractivity contribution in [2.75, 3.05) is 0 Å². The van der Waals surface area contributed by atoms with Crippen molar-refractivity contribution in [3.05, 3.63) is 54.1 Å². The molecule has 0 saturated carbocycles. The van der Waals surface area contributed by atoms with Crippen LogP contribution in [0.2, 0.25) is 0 Å². The van der Waals surface area contributed by atoms with Crippen LogP contribution in [0.1, 0.15) is 26.3 Å². The molecule has 1 N–H and O–H groups in total. The third-order valence-electron chi connectivity index (χ3n) is 3.07. The zero-order valence-corrected chi connectivity index (χ0v) is 13.0. The summed E-state index contributed by atoms with van der Waals surface area (Å²) in [5.41, 5.74) is 0.977. The van der Waals surface area contributed by atoms with Gasteiger partial charge in [-0.25, -0.2) is 0 Å². The van der Waals surface area contributed by atoms with E-state index in [0.29, 0.717) is 0 Å². The average Bonchev–Trinajstić information content (AvgIpc) is 2.40. The standard InChI is InChI=1S/C16H18O4S/c1-16(2,3)12-8-10-13(11-9-12)21(18,19)20-15-7-5-4-6-14(15)17/h4-11,17H,1-3H3. The van der Waals surface area contributed by atoms with Gasteiger partial charge in [0.15, 0.2) is 11.5 Å². The normalized spacial score (nSPS) is 12.1. The van der Waals surface area contributed by atoms with Crippen LogP contribution in [0.15, 0.2) is 53.4 Å². The summed E-state index contributed by atoms with van der Waals surface area (Å²) in [5, 5.41) is 9.58. The molecular formula is C16H18O4S. The van der Waals surface area contributed by atoms with Crippen LogP contribution in [-0.4, -0.2) is 13.5 Å². The highest BCUT2D eigenvalue weighted by molar-refractivity contribution is 7.87. The summed E-state index contributed by atoms with van der Waals surface area (Å²) in [5.74, 6) is -0.301. The Hall–Kier alpha value is -2.01. The summed E-state index contributed by atoms with van der Waals surface area (Å²) in [6.07, 6.45) is 0. The summed E-state index contributed by atoms with van der Waals surface area (Å²) >= 11 is 0. The zero-order chi connectivity index (χ0) is 15.7. The van der Waals surface area contributed by atoms with E-state index >= 15 is 0 Å². The molecule has 0 aromatic heterocycles. The van der Waals surface area contributed by atoms with E-state index in [-0.39, 0.29) is 21.8 Å². The molecule has 0 spiro atoms. The van der Waals surface area contributed by atoms with E-state index in [2.05, 4.69) is 20.8 Å². The van der Waals surface area contributed by atoms with Crippen LogP contribution in [0.25, 0.3) is 0 Å². The van der Waals surface area contributed by atoms with Gasteiger partial charge in [0.2, 0.25) is 0 Å². The second kappa shape index (κ2) is 5.41. The third-order valence-corrected chi connectivity index (χ3v) is 4.32. The van der Waals surface area contributed by atoms with Crippen molar-refractivity contribution >= 4 is 10.1 Å². The molecule has 0 aliphatic rings. The summed E-state index contributed by atoms with van der Waals surface area (Å²) in [6, 6.07) is 12.5. The van der Waals surface area contributed by atoms with Crippen molar-refractivity contribution in [2.45, 2.75) is 31.1 Å². The summed E-state index contributed by atoms with van der Waals surface area (Å²) < 4.78 is 29.3. The van der Waals surface area contributed by atoms with E-state index in [9.17, 15) is 13.5 Å². The quantitative estimate of drug-likeness (QED) is 0.882. The lowest BCUT2D eigenvalue weighted by atomic mass is 9.87. The minimum Gasteiger partial charge on any atom is -0.504 e. The number of benzene rings is 2. The minimum atomic E-state index is -3.96. The predicted molar refractivity (Wildman–Crippen MR) is 81.1 cm³/mol. The maximum absolute atomic E-state index is 12.2. The molecule has 0 atom stereocenters. The summed E-state index contributed by atoms with van der Waals surface area (Å²) in [7, 11) is -3.96. The largest absolute Gasteiger partial charge is 0.504 e. The number of phenolic OH excluding ortho intramolecular Hbond substituents is 1. The van der Waals surface area contributed by atoms with Crippen LogP contribution in [-0.2, 0) is 15.5 Å². The van der Waals surface area contributed by atoms with Crippen LogP contribution in [0.5, 0.6) is 11.5 Å². The molecule has 2 rings (SSSR count). The Morgan fingerprint density at radius 1 is 0.952 bits per heavy atom. The number of phenols is 1. The summed E-state index contributed by atoms with van der Waals surface area (Å²) in [4.78, 5) is 0.0544. The fourth-order valence-corrected chi connectivity index (χ4v) is 2.76. The molecule has 4 nitrogen and oxygen atoms in total. The van der Waals surface area contributed by atoms with E-state index in [0.717, 1.165) is 5.56 Å². The second-order valence-corrected chi connectivity index (χ2v) is 7.33. The first-order valence-corrected chi connectivity index (χ1v) is 7.94. The molecule has 2 aromatic carbocycles. The minimum absolute atomic E-state index is 0.0544. The van der Waals surface area contributed by atoms with Gasteiger partial charge in [-0.2, -0.15) is 8.42 Å². The van der Waals surface area contributed by atoms with Gasteiger partial charge in [0, 0.05) is 0 Å². The van der Waals surface area contributed by atoms with Crippen molar-refractivity contribution in [3.8, 4) is 11.5 Å². The first-order chi connectivity index (χ1) is 9.70. The monoisotopic (exact) mass is 306 g/mol. The molecule has 112 valence electrons. The average molecular weight is 306 g/mol. The second-order valence-electron chi connectivity index (χ2n) is 5.78. The molecule has 5 heteroatoms. The maximum atomic E-state index is 12.2. The topological polar surface area (TPSA) is 63.6 Å². The Kier molecular flexibility index (Phi) is 3.96. The molecular weight excluding hydrogens is 288 g/mol. The molecule has 0 heterocycles. The van der Waals surface area contributed by atoms with Crippen LogP contribution in [0.4, 0.5) is 0 Å². The van der Waals surface area contributed by atoms with Gasteiger partial charge in [-0.3, -0.25) is 0 Å². The summed E-state index contributed by atoms with van der Waals surface area (Å²) in [6.45, 7) is 6.15. The molecule has 0 radical (unpaired) electrons. The van der Waals surface area contributed by atoms with Gasteiger partial charge in [-0.1, -0.05) is 45.0 Å². The highest BCUT2D eigenvalue weighted by Crippen LogP contribution is 2.29. The van der Waals surface area contributed by atoms with E-state index in [1.165, 1.54) is 24.3 Å². The number of para-hydroxylation sites is 2. The van der Waals surface area contributed by atoms with Crippen LogP contribution >= 0.6 is 0 Å².